The van der Waals surface area contributed by atoms with Crippen LogP contribution in [0.25, 0.3) is 33.0 Å². The molecule has 0 fully saturated rings. The molecule has 0 atom stereocenters. The van der Waals surface area contributed by atoms with Gasteiger partial charge in [-0.1, -0.05) is 50.2 Å². The van der Waals surface area contributed by atoms with Crippen LogP contribution < -0.4 is 0 Å². The lowest BCUT2D eigenvalue weighted by molar-refractivity contribution is 1.11. The summed E-state index contributed by atoms with van der Waals surface area (Å²) in [5.74, 6) is 0. The minimum Gasteiger partial charge on any atom is -0.0613 e. The zero-order valence-corrected chi connectivity index (χ0v) is 13.9. The van der Waals surface area contributed by atoms with Gasteiger partial charge < -0.3 is 0 Å². The molecule has 4 rings (SSSR count). The van der Waals surface area contributed by atoms with E-state index in [-0.39, 0.29) is 0 Å². The molecule has 0 unspecified atom stereocenters. The molecule has 0 nitrogen and oxygen atoms in total. The quantitative estimate of drug-likeness (QED) is 0.410. The molecule has 0 radical (unpaired) electrons. The lowest BCUT2D eigenvalue weighted by atomic mass is 9.90. The Morgan fingerprint density at radius 3 is 1.45 bits per heavy atom. The first-order chi connectivity index (χ1) is 10.7. The molecule has 0 heterocycles. The second-order valence-electron chi connectivity index (χ2n) is 6.45. The second kappa shape index (κ2) is 4.71. The zero-order valence-electron chi connectivity index (χ0n) is 13.9. The predicted molar refractivity (Wildman–Crippen MR) is 96.6 cm³/mol. The molecule has 1 aliphatic rings. The molecule has 3 aromatic rings. The summed E-state index contributed by atoms with van der Waals surface area (Å²) in [6, 6.07) is 13.8. The molecule has 0 aliphatic heterocycles. The normalized spacial score (nSPS) is 12.0. The molecule has 0 amide bonds. The van der Waals surface area contributed by atoms with E-state index >= 15 is 0 Å². The number of rotatable bonds is 2. The molecule has 0 saturated carbocycles. The Bertz CT molecular complexity index is 841. The van der Waals surface area contributed by atoms with Crippen LogP contribution in [0.1, 0.15) is 36.1 Å². The SMILES string of the molecule is CCc1ccc(CC)c2c1-c1c(C)ccc3ccc(C)c-2c13. The molecule has 22 heavy (non-hydrogen) atoms. The number of fused-ring (bicyclic) bond motifs is 3. The van der Waals surface area contributed by atoms with Gasteiger partial charge in [0.15, 0.2) is 0 Å². The van der Waals surface area contributed by atoms with Crippen molar-refractivity contribution in [2.45, 2.75) is 40.5 Å². The van der Waals surface area contributed by atoms with E-state index in [4.69, 9.17) is 0 Å². The molecule has 1 aliphatic carbocycles. The predicted octanol–water partition coefficient (Wildman–Crippen LogP) is 6.23. The fourth-order valence-electron chi connectivity index (χ4n) is 4.12. The van der Waals surface area contributed by atoms with Crippen LogP contribution in [-0.2, 0) is 12.8 Å². The van der Waals surface area contributed by atoms with Crippen molar-refractivity contribution < 1.29 is 0 Å². The van der Waals surface area contributed by atoms with E-state index in [9.17, 15) is 0 Å². The van der Waals surface area contributed by atoms with Crippen molar-refractivity contribution in [2.24, 2.45) is 0 Å². The summed E-state index contributed by atoms with van der Waals surface area (Å²) in [5, 5.41) is 2.85. The van der Waals surface area contributed by atoms with Crippen LogP contribution in [0, 0.1) is 13.8 Å². The van der Waals surface area contributed by atoms with Crippen LogP contribution in [0.2, 0.25) is 0 Å². The van der Waals surface area contributed by atoms with E-state index in [1.807, 2.05) is 0 Å². The van der Waals surface area contributed by atoms with Crippen molar-refractivity contribution in [3.05, 3.63) is 58.7 Å². The van der Waals surface area contributed by atoms with Crippen LogP contribution >= 0.6 is 0 Å². The van der Waals surface area contributed by atoms with E-state index in [1.165, 1.54) is 55.3 Å². The van der Waals surface area contributed by atoms with Crippen LogP contribution in [0.5, 0.6) is 0 Å². The van der Waals surface area contributed by atoms with Gasteiger partial charge in [0.05, 0.1) is 0 Å². The summed E-state index contributed by atoms with van der Waals surface area (Å²) in [4.78, 5) is 0. The first-order valence-corrected chi connectivity index (χ1v) is 8.35. The third kappa shape index (κ3) is 1.58. The Morgan fingerprint density at radius 2 is 1.05 bits per heavy atom. The van der Waals surface area contributed by atoms with E-state index in [1.54, 1.807) is 0 Å². The molecule has 3 aromatic carbocycles. The van der Waals surface area contributed by atoms with E-state index < -0.39 is 0 Å². The standard InChI is InChI=1S/C22H22/c1-5-15-11-12-16(6-2)21-19-14(4)8-10-17-9-7-13(3)18(20(15)21)22(17)19/h7-12H,5-6H2,1-4H3. The van der Waals surface area contributed by atoms with Crippen molar-refractivity contribution in [1.82, 2.24) is 0 Å². The number of hydrogen-bond donors (Lipinski definition) is 0. The van der Waals surface area contributed by atoms with Crippen molar-refractivity contribution in [3.8, 4) is 22.3 Å². The fraction of sp³-hybridized carbons (Fsp3) is 0.273. The smallest absolute Gasteiger partial charge is 0.00208 e. The first-order valence-electron chi connectivity index (χ1n) is 8.35. The van der Waals surface area contributed by atoms with Crippen molar-refractivity contribution >= 4 is 10.8 Å². The lowest BCUT2D eigenvalue weighted by Gasteiger charge is -2.14. The van der Waals surface area contributed by atoms with Gasteiger partial charge in [-0.05, 0) is 82.0 Å². The fourth-order valence-corrected chi connectivity index (χ4v) is 4.12. The molecule has 0 N–H and O–H groups in total. The monoisotopic (exact) mass is 286 g/mol. The molecule has 0 aromatic heterocycles. The Labute approximate surface area is 132 Å². The molecular formula is C22H22. The van der Waals surface area contributed by atoms with Gasteiger partial charge in [0.25, 0.3) is 0 Å². The van der Waals surface area contributed by atoms with Crippen LogP contribution in [0.15, 0.2) is 36.4 Å². The summed E-state index contributed by atoms with van der Waals surface area (Å²) in [6.45, 7) is 9.06. The second-order valence-corrected chi connectivity index (χ2v) is 6.45. The minimum absolute atomic E-state index is 1.09. The highest BCUT2D eigenvalue weighted by Crippen LogP contribution is 2.52. The van der Waals surface area contributed by atoms with Gasteiger partial charge in [0.1, 0.15) is 0 Å². The highest BCUT2D eigenvalue weighted by Gasteiger charge is 2.28. The summed E-state index contributed by atoms with van der Waals surface area (Å²) < 4.78 is 0. The molecule has 0 spiro atoms. The van der Waals surface area contributed by atoms with Gasteiger partial charge in [-0.2, -0.15) is 0 Å². The largest absolute Gasteiger partial charge is 0.0613 e. The molecule has 110 valence electrons. The summed E-state index contributed by atoms with van der Waals surface area (Å²) in [6.07, 6.45) is 2.18. The van der Waals surface area contributed by atoms with E-state index in [0.717, 1.165) is 12.8 Å². The summed E-state index contributed by atoms with van der Waals surface area (Å²) >= 11 is 0. The van der Waals surface area contributed by atoms with Gasteiger partial charge in [0.2, 0.25) is 0 Å². The highest BCUT2D eigenvalue weighted by molar-refractivity contribution is 6.18. The van der Waals surface area contributed by atoms with E-state index in [0.29, 0.717) is 0 Å². The number of hydrogen-bond acceptors (Lipinski definition) is 0. The van der Waals surface area contributed by atoms with Crippen LogP contribution in [-0.4, -0.2) is 0 Å². The molecule has 0 saturated heterocycles. The van der Waals surface area contributed by atoms with Gasteiger partial charge in [-0.3, -0.25) is 0 Å². The number of benzene rings is 3. The summed E-state index contributed by atoms with van der Waals surface area (Å²) in [7, 11) is 0. The van der Waals surface area contributed by atoms with Crippen LogP contribution in [0.4, 0.5) is 0 Å². The average Bonchev–Trinajstić information content (AvgIpc) is 2.90. The van der Waals surface area contributed by atoms with Crippen molar-refractivity contribution in [1.29, 1.82) is 0 Å². The van der Waals surface area contributed by atoms with Gasteiger partial charge in [-0.25, -0.2) is 0 Å². The third-order valence-electron chi connectivity index (χ3n) is 5.24. The lowest BCUT2D eigenvalue weighted by Crippen LogP contribution is -1.94. The maximum Gasteiger partial charge on any atom is -0.00208 e. The van der Waals surface area contributed by atoms with Crippen molar-refractivity contribution in [2.75, 3.05) is 0 Å². The Balaban J connectivity index is 2.29. The molecule has 0 heteroatoms. The van der Waals surface area contributed by atoms with E-state index in [2.05, 4.69) is 64.1 Å². The molecule has 0 bridgehead atoms. The van der Waals surface area contributed by atoms with Gasteiger partial charge >= 0.3 is 0 Å². The minimum atomic E-state index is 1.09. The van der Waals surface area contributed by atoms with Gasteiger partial charge in [0, 0.05) is 0 Å². The maximum atomic E-state index is 2.34. The van der Waals surface area contributed by atoms with Gasteiger partial charge in [-0.15, -0.1) is 0 Å². The first kappa shape index (κ1) is 13.6. The average molecular weight is 286 g/mol. The molecular weight excluding hydrogens is 264 g/mol. The zero-order chi connectivity index (χ0) is 15.4. The topological polar surface area (TPSA) is 0 Å². The maximum absolute atomic E-state index is 2.34. The Hall–Kier alpha value is -2.08. The highest BCUT2D eigenvalue weighted by atomic mass is 14.3. The Morgan fingerprint density at radius 1 is 0.591 bits per heavy atom. The number of aryl methyl sites for hydroxylation is 4. The van der Waals surface area contributed by atoms with Crippen LogP contribution in [0.3, 0.4) is 0 Å². The Kier molecular flexibility index (Phi) is 2.91. The third-order valence-corrected chi connectivity index (χ3v) is 5.24. The van der Waals surface area contributed by atoms with Crippen molar-refractivity contribution in [3.63, 3.8) is 0 Å². The summed E-state index contributed by atoms with van der Waals surface area (Å²) in [5.41, 5.74) is 11.8.